The first kappa shape index (κ1) is 17.8. The first-order valence-corrected chi connectivity index (χ1v) is 8.69. The van der Waals surface area contributed by atoms with Crippen molar-refractivity contribution < 1.29 is 8.42 Å². The highest BCUT2D eigenvalue weighted by Gasteiger charge is 2.18. The molecule has 0 saturated heterocycles. The highest BCUT2D eigenvalue weighted by Crippen LogP contribution is 2.09. The van der Waals surface area contributed by atoms with Gasteiger partial charge in [0.25, 0.3) is 0 Å². The van der Waals surface area contributed by atoms with Crippen molar-refractivity contribution in [1.29, 1.82) is 0 Å². The Morgan fingerprint density at radius 2 is 1.86 bits per heavy atom. The van der Waals surface area contributed by atoms with Crippen LogP contribution in [0.25, 0.3) is 0 Å². The molecule has 0 bridgehead atoms. The normalized spacial score (nSPS) is 13.5. The van der Waals surface area contributed by atoms with E-state index in [1.165, 1.54) is 12.4 Å². The minimum atomic E-state index is -3.58. The predicted octanol–water partition coefficient (Wildman–Crippen LogP) is 0.848. The summed E-state index contributed by atoms with van der Waals surface area (Å²) in [6.45, 7) is 9.11. The molecule has 120 valence electrons. The van der Waals surface area contributed by atoms with Gasteiger partial charge in [-0.05, 0) is 39.4 Å². The average Bonchev–Trinajstić information content (AvgIpc) is 2.43. The standard InChI is InChI=1S/C13H25N5O2S/c1-4-18(5-2)8-6-7-11(3)17-21(19,20)12-9-15-13(14)16-10-12/h9-11,17H,4-8H2,1-3H3,(H2,14,15,16). The molecule has 1 aromatic rings. The van der Waals surface area contributed by atoms with Gasteiger partial charge in [0.1, 0.15) is 4.90 Å². The number of anilines is 1. The lowest BCUT2D eigenvalue weighted by atomic mass is 10.2. The summed E-state index contributed by atoms with van der Waals surface area (Å²) in [5.74, 6) is 0.0567. The number of hydrogen-bond donors (Lipinski definition) is 2. The van der Waals surface area contributed by atoms with E-state index in [0.717, 1.165) is 32.5 Å². The van der Waals surface area contributed by atoms with E-state index in [9.17, 15) is 8.42 Å². The van der Waals surface area contributed by atoms with Crippen LogP contribution in [0.15, 0.2) is 17.3 Å². The lowest BCUT2D eigenvalue weighted by Gasteiger charge is -2.19. The molecule has 0 spiro atoms. The van der Waals surface area contributed by atoms with Gasteiger partial charge in [-0.3, -0.25) is 0 Å². The molecule has 3 N–H and O–H groups in total. The summed E-state index contributed by atoms with van der Waals surface area (Å²) in [7, 11) is -3.58. The highest BCUT2D eigenvalue weighted by atomic mass is 32.2. The SMILES string of the molecule is CCN(CC)CCCC(C)NS(=O)(=O)c1cnc(N)nc1. The van der Waals surface area contributed by atoms with Crippen LogP contribution in [0.3, 0.4) is 0 Å². The van der Waals surface area contributed by atoms with Crippen molar-refractivity contribution in [3.8, 4) is 0 Å². The number of nitrogen functional groups attached to an aromatic ring is 1. The fourth-order valence-electron chi connectivity index (χ4n) is 2.02. The summed E-state index contributed by atoms with van der Waals surface area (Å²) in [6.07, 6.45) is 4.16. The van der Waals surface area contributed by atoms with Gasteiger partial charge < -0.3 is 10.6 Å². The first-order valence-electron chi connectivity index (χ1n) is 7.21. The number of aromatic nitrogens is 2. The van der Waals surface area contributed by atoms with Gasteiger partial charge in [0.2, 0.25) is 16.0 Å². The molecule has 21 heavy (non-hydrogen) atoms. The van der Waals surface area contributed by atoms with Crippen molar-refractivity contribution >= 4 is 16.0 Å². The lowest BCUT2D eigenvalue weighted by Crippen LogP contribution is -2.33. The van der Waals surface area contributed by atoms with Crippen LogP contribution in [0.2, 0.25) is 0 Å². The second-order valence-corrected chi connectivity index (χ2v) is 6.68. The van der Waals surface area contributed by atoms with E-state index >= 15 is 0 Å². The van der Waals surface area contributed by atoms with Crippen LogP contribution in [0, 0.1) is 0 Å². The van der Waals surface area contributed by atoms with E-state index in [1.54, 1.807) is 0 Å². The Labute approximate surface area is 127 Å². The number of hydrogen-bond acceptors (Lipinski definition) is 6. The summed E-state index contributed by atoms with van der Waals surface area (Å²) in [5, 5.41) is 0. The number of nitrogens with one attached hydrogen (secondary N) is 1. The topological polar surface area (TPSA) is 101 Å². The largest absolute Gasteiger partial charge is 0.368 e. The number of rotatable bonds is 9. The Morgan fingerprint density at radius 1 is 1.29 bits per heavy atom. The molecule has 0 saturated carbocycles. The summed E-state index contributed by atoms with van der Waals surface area (Å²) in [4.78, 5) is 9.75. The quantitative estimate of drug-likeness (QED) is 0.700. The molecule has 1 atom stereocenters. The number of nitrogens with zero attached hydrogens (tertiary/aromatic N) is 3. The molecule has 0 aromatic carbocycles. The maximum absolute atomic E-state index is 12.1. The average molecular weight is 315 g/mol. The van der Waals surface area contributed by atoms with Crippen LogP contribution in [0.4, 0.5) is 5.95 Å². The van der Waals surface area contributed by atoms with Crippen molar-refractivity contribution in [3.05, 3.63) is 12.4 Å². The minimum Gasteiger partial charge on any atom is -0.368 e. The molecule has 1 aromatic heterocycles. The third kappa shape index (κ3) is 5.94. The molecule has 0 aliphatic rings. The first-order chi connectivity index (χ1) is 9.89. The molecule has 0 radical (unpaired) electrons. The van der Waals surface area contributed by atoms with Crippen LogP contribution in [0.5, 0.6) is 0 Å². The third-order valence-corrected chi connectivity index (χ3v) is 4.86. The summed E-state index contributed by atoms with van der Waals surface area (Å²) < 4.78 is 26.9. The number of sulfonamides is 1. The van der Waals surface area contributed by atoms with Gasteiger partial charge >= 0.3 is 0 Å². The third-order valence-electron chi connectivity index (χ3n) is 3.32. The molecule has 1 unspecified atom stereocenters. The van der Waals surface area contributed by atoms with Gasteiger partial charge in [-0.25, -0.2) is 23.1 Å². The molecule has 1 heterocycles. The summed E-state index contributed by atoms with van der Waals surface area (Å²) >= 11 is 0. The fraction of sp³-hybridized carbons (Fsp3) is 0.692. The molecular formula is C13H25N5O2S. The van der Waals surface area contributed by atoms with Crippen molar-refractivity contribution in [2.75, 3.05) is 25.4 Å². The van der Waals surface area contributed by atoms with Crippen molar-refractivity contribution in [2.24, 2.45) is 0 Å². The summed E-state index contributed by atoms with van der Waals surface area (Å²) in [5.41, 5.74) is 5.35. The lowest BCUT2D eigenvalue weighted by molar-refractivity contribution is 0.293. The molecule has 1 rings (SSSR count). The monoisotopic (exact) mass is 315 g/mol. The van der Waals surface area contributed by atoms with Crippen molar-refractivity contribution in [3.63, 3.8) is 0 Å². The van der Waals surface area contributed by atoms with E-state index < -0.39 is 10.0 Å². The van der Waals surface area contributed by atoms with Crippen molar-refractivity contribution in [2.45, 2.75) is 44.6 Å². The fourth-order valence-corrected chi connectivity index (χ4v) is 3.18. The molecular weight excluding hydrogens is 290 g/mol. The summed E-state index contributed by atoms with van der Waals surface area (Å²) in [6, 6.07) is -0.136. The zero-order valence-electron chi connectivity index (χ0n) is 12.9. The van der Waals surface area contributed by atoms with Gasteiger partial charge in [0.15, 0.2) is 0 Å². The second-order valence-electron chi connectivity index (χ2n) is 4.97. The number of nitrogens with two attached hydrogens (primary N) is 1. The van der Waals surface area contributed by atoms with Crippen LogP contribution in [0.1, 0.15) is 33.6 Å². The Balaban J connectivity index is 2.49. The Bertz CT molecular complexity index is 514. The second kappa shape index (κ2) is 8.26. The zero-order valence-corrected chi connectivity index (χ0v) is 13.7. The zero-order chi connectivity index (χ0) is 15.9. The van der Waals surface area contributed by atoms with Gasteiger partial charge in [-0.1, -0.05) is 13.8 Å². The van der Waals surface area contributed by atoms with Gasteiger partial charge in [-0.2, -0.15) is 0 Å². The van der Waals surface area contributed by atoms with Crippen LogP contribution < -0.4 is 10.5 Å². The van der Waals surface area contributed by atoms with E-state index in [-0.39, 0.29) is 16.9 Å². The Morgan fingerprint density at radius 3 is 2.38 bits per heavy atom. The minimum absolute atomic E-state index is 0.0345. The molecule has 0 aliphatic heterocycles. The maximum atomic E-state index is 12.1. The smallest absolute Gasteiger partial charge is 0.243 e. The predicted molar refractivity (Wildman–Crippen MR) is 83.2 cm³/mol. The van der Waals surface area contributed by atoms with Crippen LogP contribution in [-0.4, -0.2) is 49.0 Å². The van der Waals surface area contributed by atoms with Crippen molar-refractivity contribution in [1.82, 2.24) is 19.6 Å². The van der Waals surface area contributed by atoms with Gasteiger partial charge in [0.05, 0.1) is 12.4 Å². The van der Waals surface area contributed by atoms with E-state index in [1.807, 2.05) is 6.92 Å². The van der Waals surface area contributed by atoms with Crippen LogP contribution in [-0.2, 0) is 10.0 Å². The Kier molecular flexibility index (Phi) is 7.00. The van der Waals surface area contributed by atoms with E-state index in [4.69, 9.17) is 5.73 Å². The molecule has 7 nitrogen and oxygen atoms in total. The maximum Gasteiger partial charge on any atom is 0.243 e. The Hall–Kier alpha value is -1.25. The molecule has 8 heteroatoms. The van der Waals surface area contributed by atoms with Gasteiger partial charge in [-0.15, -0.1) is 0 Å². The van der Waals surface area contributed by atoms with E-state index in [2.05, 4.69) is 33.4 Å². The molecule has 0 aliphatic carbocycles. The van der Waals surface area contributed by atoms with Crippen LogP contribution >= 0.6 is 0 Å². The van der Waals surface area contributed by atoms with E-state index in [0.29, 0.717) is 0 Å². The molecule has 0 fully saturated rings. The highest BCUT2D eigenvalue weighted by molar-refractivity contribution is 7.89. The molecule has 0 amide bonds. The van der Waals surface area contributed by atoms with Gasteiger partial charge in [0, 0.05) is 6.04 Å².